The molecule has 0 aromatic rings. The van der Waals surface area contributed by atoms with Crippen LogP contribution < -0.4 is 0 Å². The molecule has 3 rings (SSSR count). The molecule has 0 unspecified atom stereocenters. The molecular weight excluding hydrogens is 296 g/mol. The summed E-state index contributed by atoms with van der Waals surface area (Å²) in [6.07, 6.45) is 6.60. The molecule has 1 aliphatic carbocycles. The zero-order valence-corrected chi connectivity index (χ0v) is 13.9. The van der Waals surface area contributed by atoms with E-state index in [1.54, 1.807) is 4.90 Å². The highest BCUT2D eigenvalue weighted by atomic mass is 16.5. The number of piperidine rings is 1. The van der Waals surface area contributed by atoms with Crippen LogP contribution in [0, 0.1) is 5.41 Å². The van der Waals surface area contributed by atoms with Gasteiger partial charge in [0.25, 0.3) is 0 Å². The lowest BCUT2D eigenvalue weighted by molar-refractivity contribution is -0.151. The first-order chi connectivity index (χ1) is 11.0. The topological polar surface area (TPSA) is 66.9 Å². The fraction of sp³-hybridized carbons (Fsp3) is 0.824. The Hall–Kier alpha value is -1.59. The lowest BCUT2D eigenvalue weighted by Crippen LogP contribution is -2.42. The smallest absolute Gasteiger partial charge is 0.328 e. The molecule has 6 heteroatoms. The summed E-state index contributed by atoms with van der Waals surface area (Å²) in [6, 6.07) is -0.458. The van der Waals surface area contributed by atoms with E-state index in [0.29, 0.717) is 13.0 Å². The monoisotopic (exact) mass is 322 g/mol. The molecule has 1 spiro atoms. The highest BCUT2D eigenvalue weighted by Gasteiger charge is 2.55. The van der Waals surface area contributed by atoms with Crippen LogP contribution in [-0.4, -0.2) is 60.4 Å². The Labute approximate surface area is 137 Å². The predicted octanol–water partition coefficient (Wildman–Crippen LogP) is 1.33. The van der Waals surface area contributed by atoms with Crippen LogP contribution in [-0.2, 0) is 19.1 Å². The lowest BCUT2D eigenvalue weighted by atomic mass is 10.0. The maximum Gasteiger partial charge on any atom is 0.328 e. The second-order valence-corrected chi connectivity index (χ2v) is 7.21. The first-order valence-electron chi connectivity index (χ1n) is 8.70. The third-order valence-corrected chi connectivity index (χ3v) is 5.52. The molecule has 1 atom stereocenters. The Kier molecular flexibility index (Phi) is 4.60. The van der Waals surface area contributed by atoms with Gasteiger partial charge in [0.05, 0.1) is 7.11 Å². The van der Waals surface area contributed by atoms with Crippen molar-refractivity contribution in [3.05, 3.63) is 0 Å². The summed E-state index contributed by atoms with van der Waals surface area (Å²) in [6.45, 7) is 2.26. The zero-order valence-electron chi connectivity index (χ0n) is 13.9. The van der Waals surface area contributed by atoms with Gasteiger partial charge < -0.3 is 14.5 Å². The van der Waals surface area contributed by atoms with E-state index in [1.807, 2.05) is 4.90 Å². The number of ether oxygens (including phenoxy) is 1. The third kappa shape index (κ3) is 3.51. The van der Waals surface area contributed by atoms with E-state index in [2.05, 4.69) is 0 Å². The van der Waals surface area contributed by atoms with Crippen LogP contribution in [0.1, 0.15) is 51.4 Å². The minimum absolute atomic E-state index is 0.0630. The van der Waals surface area contributed by atoms with Crippen molar-refractivity contribution in [1.29, 1.82) is 0 Å². The van der Waals surface area contributed by atoms with Crippen LogP contribution in [0.4, 0.5) is 0 Å². The third-order valence-electron chi connectivity index (χ3n) is 5.52. The molecule has 2 heterocycles. The van der Waals surface area contributed by atoms with Crippen LogP contribution in [0.2, 0.25) is 0 Å². The molecule has 23 heavy (non-hydrogen) atoms. The molecule has 0 aromatic heterocycles. The number of hydrogen-bond donors (Lipinski definition) is 0. The van der Waals surface area contributed by atoms with E-state index in [4.69, 9.17) is 4.74 Å². The van der Waals surface area contributed by atoms with E-state index in [1.165, 1.54) is 13.5 Å². The van der Waals surface area contributed by atoms with Gasteiger partial charge in [-0.3, -0.25) is 9.59 Å². The van der Waals surface area contributed by atoms with Gasteiger partial charge in [0.1, 0.15) is 6.04 Å². The average Bonchev–Trinajstić information content (AvgIpc) is 3.23. The zero-order chi connectivity index (χ0) is 16.4. The number of amides is 2. The molecule has 2 saturated heterocycles. The molecule has 0 bridgehead atoms. The summed E-state index contributed by atoms with van der Waals surface area (Å²) in [5.74, 6) is -0.355. The average molecular weight is 322 g/mol. The minimum Gasteiger partial charge on any atom is -0.467 e. The molecule has 2 amide bonds. The van der Waals surface area contributed by atoms with Gasteiger partial charge in [0.15, 0.2) is 0 Å². The summed E-state index contributed by atoms with van der Waals surface area (Å²) < 4.78 is 4.85. The number of methoxy groups -OCH3 is 1. The summed E-state index contributed by atoms with van der Waals surface area (Å²) in [7, 11) is 1.36. The van der Waals surface area contributed by atoms with Gasteiger partial charge in [0, 0.05) is 32.5 Å². The number of nitrogens with zero attached hydrogens (tertiary/aromatic N) is 2. The van der Waals surface area contributed by atoms with Crippen molar-refractivity contribution in [1.82, 2.24) is 9.80 Å². The van der Waals surface area contributed by atoms with Crippen LogP contribution in [0.15, 0.2) is 0 Å². The Morgan fingerprint density at radius 1 is 1.04 bits per heavy atom. The highest BCUT2D eigenvalue weighted by molar-refractivity contribution is 5.88. The molecular formula is C17H26N2O4. The number of hydrogen-bond acceptors (Lipinski definition) is 4. The summed E-state index contributed by atoms with van der Waals surface area (Å²) in [5, 5.41) is 0. The summed E-state index contributed by atoms with van der Waals surface area (Å²) >= 11 is 0. The first-order valence-corrected chi connectivity index (χ1v) is 8.70. The normalized spacial score (nSPS) is 25.5. The number of carbonyl (C=O) groups excluding carboxylic acids is 3. The molecule has 3 fully saturated rings. The van der Waals surface area contributed by atoms with Gasteiger partial charge in [-0.1, -0.05) is 0 Å². The fourth-order valence-electron chi connectivity index (χ4n) is 3.86. The molecule has 0 radical (unpaired) electrons. The predicted molar refractivity (Wildman–Crippen MR) is 83.5 cm³/mol. The summed E-state index contributed by atoms with van der Waals surface area (Å²) in [4.78, 5) is 40.2. The van der Waals surface area contributed by atoms with Crippen molar-refractivity contribution in [2.45, 2.75) is 57.4 Å². The van der Waals surface area contributed by atoms with Crippen LogP contribution in [0.5, 0.6) is 0 Å². The molecule has 128 valence electrons. The van der Waals surface area contributed by atoms with Crippen LogP contribution >= 0.6 is 0 Å². The number of esters is 1. The van der Waals surface area contributed by atoms with Crippen molar-refractivity contribution in [2.75, 3.05) is 26.7 Å². The number of rotatable bonds is 4. The van der Waals surface area contributed by atoms with E-state index < -0.39 is 6.04 Å². The SMILES string of the molecule is COC(=O)[C@@H]1CC2(CC2)CN1C(=O)CCC(=O)N1CCCCC1. The van der Waals surface area contributed by atoms with E-state index in [-0.39, 0.29) is 36.0 Å². The van der Waals surface area contributed by atoms with Gasteiger partial charge in [-0.15, -0.1) is 0 Å². The van der Waals surface area contributed by atoms with Crippen LogP contribution in [0.3, 0.4) is 0 Å². The van der Waals surface area contributed by atoms with E-state index in [9.17, 15) is 14.4 Å². The van der Waals surface area contributed by atoms with Gasteiger partial charge in [-0.25, -0.2) is 4.79 Å². The van der Waals surface area contributed by atoms with Crippen LogP contribution in [0.25, 0.3) is 0 Å². The van der Waals surface area contributed by atoms with Crippen molar-refractivity contribution in [3.63, 3.8) is 0 Å². The number of likely N-dealkylation sites (tertiary alicyclic amines) is 2. The van der Waals surface area contributed by atoms with Gasteiger partial charge in [-0.2, -0.15) is 0 Å². The largest absolute Gasteiger partial charge is 0.467 e. The van der Waals surface area contributed by atoms with Gasteiger partial charge in [-0.05, 0) is 43.9 Å². The Morgan fingerprint density at radius 3 is 2.30 bits per heavy atom. The Morgan fingerprint density at radius 2 is 1.70 bits per heavy atom. The first kappa shape index (κ1) is 16.3. The van der Waals surface area contributed by atoms with Gasteiger partial charge in [0.2, 0.25) is 11.8 Å². The lowest BCUT2D eigenvalue weighted by Gasteiger charge is -2.27. The molecule has 2 aliphatic heterocycles. The fourth-order valence-corrected chi connectivity index (χ4v) is 3.86. The van der Waals surface area contributed by atoms with E-state index in [0.717, 1.165) is 38.8 Å². The second-order valence-electron chi connectivity index (χ2n) is 7.21. The molecule has 0 aromatic carbocycles. The molecule has 6 nitrogen and oxygen atoms in total. The van der Waals surface area contributed by atoms with Crippen molar-refractivity contribution < 1.29 is 19.1 Å². The standard InChI is InChI=1S/C17H26N2O4/c1-23-16(22)13-11-17(7-8-17)12-19(13)15(21)6-5-14(20)18-9-3-2-4-10-18/h13H,2-12H2,1H3/t13-/m0/s1. The molecule has 1 saturated carbocycles. The van der Waals surface area contributed by atoms with Crippen molar-refractivity contribution in [3.8, 4) is 0 Å². The molecule has 0 N–H and O–H groups in total. The Balaban J connectivity index is 1.54. The van der Waals surface area contributed by atoms with Crippen molar-refractivity contribution in [2.24, 2.45) is 5.41 Å². The van der Waals surface area contributed by atoms with Gasteiger partial charge >= 0.3 is 5.97 Å². The quantitative estimate of drug-likeness (QED) is 0.733. The van der Waals surface area contributed by atoms with E-state index >= 15 is 0 Å². The maximum absolute atomic E-state index is 12.5. The highest BCUT2D eigenvalue weighted by Crippen LogP contribution is 2.55. The number of carbonyl (C=O) groups is 3. The summed E-state index contributed by atoms with van der Waals surface area (Å²) in [5.41, 5.74) is 0.144. The minimum atomic E-state index is -0.458. The maximum atomic E-state index is 12.5. The van der Waals surface area contributed by atoms with Crippen molar-refractivity contribution >= 4 is 17.8 Å². The Bertz CT molecular complexity index is 495. The second kappa shape index (κ2) is 6.49. The molecule has 3 aliphatic rings.